The number of nitrogens with one attached hydrogen (secondary N) is 3. The normalized spacial score (nSPS) is 10.2. The molecule has 0 aliphatic carbocycles. The van der Waals surface area contributed by atoms with Crippen molar-refractivity contribution in [2.45, 2.75) is 0 Å². The zero-order valence-corrected chi connectivity index (χ0v) is 15.7. The van der Waals surface area contributed by atoms with Crippen LogP contribution in [0.25, 0.3) is 0 Å². The largest absolute Gasteiger partial charge is 0.496 e. The van der Waals surface area contributed by atoms with Gasteiger partial charge in [0.25, 0.3) is 11.8 Å². The number of benzene rings is 1. The Kier molecular flexibility index (Phi) is 5.98. The van der Waals surface area contributed by atoms with Crippen molar-refractivity contribution in [3.05, 3.63) is 71.8 Å². The fourth-order valence-corrected chi connectivity index (χ4v) is 2.59. The van der Waals surface area contributed by atoms with Crippen LogP contribution in [0.3, 0.4) is 0 Å². The number of anilines is 3. The van der Waals surface area contributed by atoms with Crippen molar-refractivity contribution in [2.24, 2.45) is 0 Å². The number of rotatable bonds is 6. The van der Waals surface area contributed by atoms with E-state index in [4.69, 9.17) is 4.74 Å². The van der Waals surface area contributed by atoms with Crippen LogP contribution in [0.15, 0.2) is 54.9 Å². The predicted molar refractivity (Wildman–Crippen MR) is 106 cm³/mol. The molecule has 0 bridgehead atoms. The molecule has 2 aromatic heterocycles. The van der Waals surface area contributed by atoms with E-state index < -0.39 is 17.6 Å². The van der Waals surface area contributed by atoms with Gasteiger partial charge in [0.05, 0.1) is 18.4 Å². The third kappa shape index (κ3) is 4.46. The van der Waals surface area contributed by atoms with Gasteiger partial charge in [-0.25, -0.2) is 14.4 Å². The topological polar surface area (TPSA) is 105 Å². The molecule has 29 heavy (non-hydrogen) atoms. The van der Waals surface area contributed by atoms with Crippen LogP contribution in [0, 0.1) is 5.82 Å². The Morgan fingerprint density at radius 2 is 1.86 bits per heavy atom. The van der Waals surface area contributed by atoms with Crippen LogP contribution in [0.1, 0.15) is 20.7 Å². The third-order valence-electron chi connectivity index (χ3n) is 3.97. The molecule has 0 fully saturated rings. The van der Waals surface area contributed by atoms with Crippen molar-refractivity contribution < 1.29 is 18.7 Å². The van der Waals surface area contributed by atoms with Crippen LogP contribution in [0.2, 0.25) is 0 Å². The van der Waals surface area contributed by atoms with Crippen LogP contribution in [-0.2, 0) is 0 Å². The first-order valence-electron chi connectivity index (χ1n) is 8.57. The van der Waals surface area contributed by atoms with E-state index in [0.717, 1.165) is 6.07 Å². The standard InChI is InChI=1S/C20H18FN5O3/c1-22-19(27)12-11-24-17(26-16-8-3-4-9-23-16)10-14(12)25-20(28)18-13(21)6-5-7-15(18)29-2/h3-11H,1-2H3,(H,22,27)(H2,23,24,25,26,28). The first-order valence-corrected chi connectivity index (χ1v) is 8.57. The fourth-order valence-electron chi connectivity index (χ4n) is 2.59. The van der Waals surface area contributed by atoms with Crippen molar-refractivity contribution >= 4 is 29.1 Å². The molecule has 3 rings (SSSR count). The number of aromatic nitrogens is 2. The summed E-state index contributed by atoms with van der Waals surface area (Å²) in [7, 11) is 2.79. The molecule has 3 aromatic rings. The minimum absolute atomic E-state index is 0.0740. The zero-order valence-electron chi connectivity index (χ0n) is 15.7. The number of methoxy groups -OCH3 is 1. The summed E-state index contributed by atoms with van der Waals surface area (Å²) in [5, 5.41) is 8.01. The molecular weight excluding hydrogens is 377 g/mol. The molecular formula is C20H18FN5O3. The Labute approximate surface area is 166 Å². The number of hydrogen-bond acceptors (Lipinski definition) is 6. The fraction of sp³-hybridized carbons (Fsp3) is 0.100. The maximum Gasteiger partial charge on any atom is 0.262 e. The summed E-state index contributed by atoms with van der Waals surface area (Å²) in [6.45, 7) is 0. The van der Waals surface area contributed by atoms with Crippen molar-refractivity contribution in [1.29, 1.82) is 0 Å². The van der Waals surface area contributed by atoms with Crippen molar-refractivity contribution in [1.82, 2.24) is 15.3 Å². The highest BCUT2D eigenvalue weighted by Crippen LogP contribution is 2.25. The highest BCUT2D eigenvalue weighted by Gasteiger charge is 2.21. The van der Waals surface area contributed by atoms with E-state index in [1.54, 1.807) is 24.4 Å². The summed E-state index contributed by atoms with van der Waals surface area (Å²) in [5.74, 6) is -1.03. The van der Waals surface area contributed by atoms with Crippen LogP contribution in [0.4, 0.5) is 21.7 Å². The van der Waals surface area contributed by atoms with Gasteiger partial charge in [0, 0.05) is 25.5 Å². The summed E-state index contributed by atoms with van der Waals surface area (Å²) in [5.41, 5.74) is -0.00952. The van der Waals surface area contributed by atoms with Crippen LogP contribution in [0.5, 0.6) is 5.75 Å². The molecule has 0 saturated heterocycles. The number of ether oxygens (including phenoxy) is 1. The van der Waals surface area contributed by atoms with Gasteiger partial charge >= 0.3 is 0 Å². The van der Waals surface area contributed by atoms with E-state index in [1.165, 1.54) is 38.6 Å². The second kappa shape index (κ2) is 8.79. The molecule has 0 saturated carbocycles. The summed E-state index contributed by atoms with van der Waals surface area (Å²) in [4.78, 5) is 33.2. The molecule has 0 aliphatic heterocycles. The summed E-state index contributed by atoms with van der Waals surface area (Å²) >= 11 is 0. The number of hydrogen-bond donors (Lipinski definition) is 3. The summed E-state index contributed by atoms with van der Waals surface area (Å²) in [6.07, 6.45) is 2.91. The van der Waals surface area contributed by atoms with E-state index in [1.807, 2.05) is 0 Å². The van der Waals surface area contributed by atoms with Gasteiger partial charge in [-0.15, -0.1) is 0 Å². The van der Waals surface area contributed by atoms with Gasteiger partial charge in [-0.05, 0) is 24.3 Å². The Balaban J connectivity index is 1.96. The Hall–Kier alpha value is -4.01. The summed E-state index contributed by atoms with van der Waals surface area (Å²) in [6, 6.07) is 10.8. The van der Waals surface area contributed by atoms with E-state index in [-0.39, 0.29) is 22.6 Å². The number of amides is 2. The average Bonchev–Trinajstić information content (AvgIpc) is 2.73. The SMILES string of the molecule is CNC(=O)c1cnc(Nc2ccccn2)cc1NC(=O)c1c(F)cccc1OC. The zero-order chi connectivity index (χ0) is 20.8. The van der Waals surface area contributed by atoms with Gasteiger partial charge in [-0.3, -0.25) is 9.59 Å². The van der Waals surface area contributed by atoms with Gasteiger partial charge in [0.15, 0.2) is 0 Å². The molecule has 0 spiro atoms. The van der Waals surface area contributed by atoms with Crippen LogP contribution < -0.4 is 20.7 Å². The molecule has 0 aliphatic rings. The van der Waals surface area contributed by atoms with Crippen LogP contribution in [-0.4, -0.2) is 35.9 Å². The summed E-state index contributed by atoms with van der Waals surface area (Å²) < 4.78 is 19.3. The van der Waals surface area contributed by atoms with E-state index >= 15 is 0 Å². The maximum absolute atomic E-state index is 14.2. The molecule has 1 aromatic carbocycles. The van der Waals surface area contributed by atoms with Gasteiger partial charge < -0.3 is 20.7 Å². The van der Waals surface area contributed by atoms with Crippen molar-refractivity contribution in [3.8, 4) is 5.75 Å². The molecule has 2 heterocycles. The van der Waals surface area contributed by atoms with Crippen molar-refractivity contribution in [2.75, 3.05) is 24.8 Å². The minimum Gasteiger partial charge on any atom is -0.496 e. The lowest BCUT2D eigenvalue weighted by Crippen LogP contribution is -2.22. The van der Waals surface area contributed by atoms with E-state index in [9.17, 15) is 14.0 Å². The van der Waals surface area contributed by atoms with E-state index in [2.05, 4.69) is 25.9 Å². The smallest absolute Gasteiger partial charge is 0.262 e. The molecule has 0 unspecified atom stereocenters. The predicted octanol–water partition coefficient (Wildman–Crippen LogP) is 2.98. The Morgan fingerprint density at radius 3 is 2.55 bits per heavy atom. The number of carbonyl (C=O) groups excluding carboxylic acids is 2. The highest BCUT2D eigenvalue weighted by atomic mass is 19.1. The van der Waals surface area contributed by atoms with Gasteiger partial charge in [-0.2, -0.15) is 0 Å². The molecule has 2 amide bonds. The molecule has 8 nitrogen and oxygen atoms in total. The van der Waals surface area contributed by atoms with Crippen LogP contribution >= 0.6 is 0 Å². The molecule has 148 valence electrons. The molecule has 0 atom stereocenters. The second-order valence-corrected chi connectivity index (χ2v) is 5.81. The Morgan fingerprint density at radius 1 is 1.03 bits per heavy atom. The molecule has 0 radical (unpaired) electrons. The highest BCUT2D eigenvalue weighted by molar-refractivity contribution is 6.10. The monoisotopic (exact) mass is 395 g/mol. The number of carbonyl (C=O) groups is 2. The molecule has 9 heteroatoms. The lowest BCUT2D eigenvalue weighted by Gasteiger charge is -2.14. The first-order chi connectivity index (χ1) is 14.0. The lowest BCUT2D eigenvalue weighted by atomic mass is 10.1. The number of halogens is 1. The van der Waals surface area contributed by atoms with E-state index in [0.29, 0.717) is 11.6 Å². The van der Waals surface area contributed by atoms with Gasteiger partial charge in [0.2, 0.25) is 0 Å². The first kappa shape index (κ1) is 19.7. The minimum atomic E-state index is -0.764. The third-order valence-corrected chi connectivity index (χ3v) is 3.97. The Bertz CT molecular complexity index is 1040. The van der Waals surface area contributed by atoms with Crippen molar-refractivity contribution in [3.63, 3.8) is 0 Å². The number of pyridine rings is 2. The average molecular weight is 395 g/mol. The molecule has 3 N–H and O–H groups in total. The number of nitrogens with zero attached hydrogens (tertiary/aromatic N) is 2. The van der Waals surface area contributed by atoms with Gasteiger partial charge in [-0.1, -0.05) is 12.1 Å². The van der Waals surface area contributed by atoms with Gasteiger partial charge in [0.1, 0.15) is 28.8 Å². The maximum atomic E-state index is 14.2. The second-order valence-electron chi connectivity index (χ2n) is 5.81. The lowest BCUT2D eigenvalue weighted by molar-refractivity contribution is 0.0963. The quantitative estimate of drug-likeness (QED) is 0.593.